The van der Waals surface area contributed by atoms with Crippen molar-refractivity contribution in [3.63, 3.8) is 0 Å². The predicted molar refractivity (Wildman–Crippen MR) is 151 cm³/mol. The zero-order valence-corrected chi connectivity index (χ0v) is 25.4. The summed E-state index contributed by atoms with van der Waals surface area (Å²) >= 11 is 0. The standard InChI is InChI=1S/C36H26.2ClH.Zr/c1-3-11-25-21-35-31(27-13-5-7-15-29(27)33(35)19-23(25)9-1)17-18-32-28-14-6-8-16-30(28)34-20-24-10-2-4-12-26(24)22-36(32)34;;;/h1-11,13-16,19-22,31H,12,17-18H2;2*1H;/q;;;+2/p-2. The van der Waals surface area contributed by atoms with Gasteiger partial charge in [0.15, 0.2) is 0 Å². The van der Waals surface area contributed by atoms with Crippen LogP contribution in [0.2, 0.25) is 0 Å². The van der Waals surface area contributed by atoms with Gasteiger partial charge in [0.05, 0.1) is 0 Å². The molecule has 5 aromatic carbocycles. The van der Waals surface area contributed by atoms with Gasteiger partial charge in [-0.1, -0.05) is 91.0 Å². The Hall–Kier alpha value is -2.70. The molecule has 0 fully saturated rings. The van der Waals surface area contributed by atoms with E-state index in [1.54, 1.807) is 0 Å². The van der Waals surface area contributed by atoms with Crippen LogP contribution in [0, 0.1) is 0 Å². The van der Waals surface area contributed by atoms with Gasteiger partial charge in [-0.2, -0.15) is 0 Å². The number of halogens is 2. The van der Waals surface area contributed by atoms with E-state index in [1.165, 1.54) is 71.3 Å². The fraction of sp³-hybridized carbons (Fsp3) is 0.111. The maximum absolute atomic E-state index is 2.48. The van der Waals surface area contributed by atoms with E-state index in [0.717, 1.165) is 19.3 Å². The molecule has 0 radical (unpaired) electrons. The van der Waals surface area contributed by atoms with Gasteiger partial charge in [-0.25, -0.2) is 0 Å². The van der Waals surface area contributed by atoms with Crippen molar-refractivity contribution >= 4 is 22.4 Å². The predicted octanol–water partition coefficient (Wildman–Crippen LogP) is 1.51. The van der Waals surface area contributed by atoms with Crippen molar-refractivity contribution in [1.29, 1.82) is 0 Å². The summed E-state index contributed by atoms with van der Waals surface area (Å²) in [7, 11) is 0. The van der Waals surface area contributed by atoms with Crippen molar-refractivity contribution in [2.45, 2.75) is 25.2 Å². The third-order valence-electron chi connectivity index (χ3n) is 8.50. The van der Waals surface area contributed by atoms with E-state index >= 15 is 0 Å². The van der Waals surface area contributed by atoms with E-state index in [0.29, 0.717) is 5.92 Å². The van der Waals surface area contributed by atoms with Gasteiger partial charge in [-0.05, 0) is 115 Å². The van der Waals surface area contributed by atoms with Crippen molar-refractivity contribution in [2.75, 3.05) is 0 Å². The Balaban J connectivity index is 0.00000103. The molecule has 0 spiro atoms. The van der Waals surface area contributed by atoms with Gasteiger partial charge >= 0.3 is 26.2 Å². The van der Waals surface area contributed by atoms with Crippen LogP contribution in [-0.2, 0) is 32.6 Å². The molecular formula is C36H26Cl2Zr. The summed E-state index contributed by atoms with van der Waals surface area (Å²) in [6.45, 7) is 0. The molecule has 3 heteroatoms. The van der Waals surface area contributed by atoms with Gasteiger partial charge in [0, 0.05) is 5.92 Å². The molecule has 3 aliphatic rings. The summed E-state index contributed by atoms with van der Waals surface area (Å²) in [4.78, 5) is 0. The Labute approximate surface area is 261 Å². The van der Waals surface area contributed by atoms with Crippen LogP contribution in [-0.4, -0.2) is 0 Å². The van der Waals surface area contributed by atoms with Crippen molar-refractivity contribution in [3.05, 3.63) is 142 Å². The molecule has 1 unspecified atom stereocenters. The molecule has 0 N–H and O–H groups in total. The number of hydrogen-bond acceptors (Lipinski definition) is 0. The number of fused-ring (bicyclic) bond motifs is 8. The zero-order valence-electron chi connectivity index (χ0n) is 21.4. The van der Waals surface area contributed by atoms with Gasteiger partial charge in [-0.15, -0.1) is 0 Å². The molecule has 8 rings (SSSR count). The van der Waals surface area contributed by atoms with Crippen LogP contribution in [0.15, 0.2) is 109 Å². The third kappa shape index (κ3) is 4.40. The number of rotatable bonds is 3. The topological polar surface area (TPSA) is 0 Å². The molecule has 0 heterocycles. The minimum absolute atomic E-state index is 0. The average Bonchev–Trinajstić information content (AvgIpc) is 3.41. The summed E-state index contributed by atoms with van der Waals surface area (Å²) in [6.07, 6.45) is 9.95. The Kier molecular flexibility index (Phi) is 7.89. The monoisotopic (exact) mass is 618 g/mol. The molecule has 39 heavy (non-hydrogen) atoms. The van der Waals surface area contributed by atoms with Crippen LogP contribution in [0.1, 0.15) is 41.0 Å². The second kappa shape index (κ2) is 11.1. The number of allylic oxidation sites excluding steroid dienone is 2. The van der Waals surface area contributed by atoms with Crippen LogP contribution in [0.5, 0.6) is 0 Å². The normalized spacial score (nSPS) is 15.0. The Morgan fingerprint density at radius 3 is 2.13 bits per heavy atom. The second-order valence-corrected chi connectivity index (χ2v) is 10.4. The fourth-order valence-electron chi connectivity index (χ4n) is 6.82. The summed E-state index contributed by atoms with van der Waals surface area (Å²) in [6, 6.07) is 36.6. The van der Waals surface area contributed by atoms with E-state index in [1.807, 2.05) is 0 Å². The van der Waals surface area contributed by atoms with Crippen molar-refractivity contribution < 1.29 is 51.0 Å². The van der Waals surface area contributed by atoms with Gasteiger partial charge in [-0.3, -0.25) is 0 Å². The van der Waals surface area contributed by atoms with E-state index in [9.17, 15) is 0 Å². The molecular weight excluding hydrogens is 595 g/mol. The Morgan fingerprint density at radius 2 is 1.31 bits per heavy atom. The van der Waals surface area contributed by atoms with Crippen LogP contribution in [0.25, 0.3) is 44.7 Å². The molecule has 3 aliphatic carbocycles. The second-order valence-electron chi connectivity index (χ2n) is 10.4. The van der Waals surface area contributed by atoms with Gasteiger partial charge in [0.2, 0.25) is 0 Å². The first kappa shape index (κ1) is 27.9. The number of hydrogen-bond donors (Lipinski definition) is 0. The fourth-order valence-corrected chi connectivity index (χ4v) is 6.82. The Bertz CT molecular complexity index is 1880. The molecule has 0 aliphatic heterocycles. The largest absolute Gasteiger partial charge is 2.00 e. The van der Waals surface area contributed by atoms with Gasteiger partial charge in [0.25, 0.3) is 0 Å². The third-order valence-corrected chi connectivity index (χ3v) is 8.50. The molecule has 188 valence electrons. The maximum atomic E-state index is 2.48. The minimum Gasteiger partial charge on any atom is -1.00 e. The molecule has 5 aromatic rings. The minimum atomic E-state index is 0. The molecule has 0 aromatic heterocycles. The SMILES string of the molecule is C1=CCc2cc3c(cc2=C1)-c1ccccc1C=3CCC1c2ccccc2-c2cc3ccccc3cc21.[Cl-].[Cl-].[Zr+2]. The van der Waals surface area contributed by atoms with Gasteiger partial charge in [0.1, 0.15) is 0 Å². The zero-order chi connectivity index (χ0) is 23.6. The van der Waals surface area contributed by atoms with Crippen LogP contribution < -0.4 is 35.3 Å². The molecule has 1 atom stereocenters. The van der Waals surface area contributed by atoms with E-state index in [4.69, 9.17) is 0 Å². The maximum Gasteiger partial charge on any atom is 2.00 e. The van der Waals surface area contributed by atoms with E-state index < -0.39 is 0 Å². The van der Waals surface area contributed by atoms with Crippen molar-refractivity contribution in [2.24, 2.45) is 0 Å². The van der Waals surface area contributed by atoms with Crippen molar-refractivity contribution in [3.8, 4) is 22.3 Å². The quantitative estimate of drug-likeness (QED) is 0.287. The number of benzene rings is 5. The molecule has 0 amide bonds. The van der Waals surface area contributed by atoms with Crippen molar-refractivity contribution in [1.82, 2.24) is 0 Å². The molecule has 0 nitrogen and oxygen atoms in total. The summed E-state index contributed by atoms with van der Waals surface area (Å²) in [5, 5.41) is 5.49. The first-order chi connectivity index (χ1) is 17.8. The van der Waals surface area contributed by atoms with Crippen LogP contribution in [0.3, 0.4) is 0 Å². The average molecular weight is 621 g/mol. The van der Waals surface area contributed by atoms with E-state index in [2.05, 4.69) is 115 Å². The van der Waals surface area contributed by atoms with E-state index in [-0.39, 0.29) is 51.0 Å². The summed E-state index contributed by atoms with van der Waals surface area (Å²) in [5.41, 5.74) is 13.0. The molecule has 0 saturated carbocycles. The summed E-state index contributed by atoms with van der Waals surface area (Å²) < 4.78 is 0. The van der Waals surface area contributed by atoms with Crippen LogP contribution in [0.4, 0.5) is 0 Å². The first-order valence-electron chi connectivity index (χ1n) is 13.1. The smallest absolute Gasteiger partial charge is 1.00 e. The van der Waals surface area contributed by atoms with Gasteiger partial charge < -0.3 is 24.8 Å². The molecule has 0 saturated heterocycles. The Morgan fingerprint density at radius 1 is 0.615 bits per heavy atom. The summed E-state index contributed by atoms with van der Waals surface area (Å²) in [5.74, 6) is 0.429. The first-order valence-corrected chi connectivity index (χ1v) is 13.1. The molecule has 0 bridgehead atoms. The van der Waals surface area contributed by atoms with Crippen LogP contribution >= 0.6 is 0 Å².